The molecule has 0 aliphatic carbocycles. The summed E-state index contributed by atoms with van der Waals surface area (Å²) >= 11 is 0. The van der Waals surface area contributed by atoms with Crippen molar-refractivity contribution in [3.63, 3.8) is 0 Å². The Bertz CT molecular complexity index is 3810. The van der Waals surface area contributed by atoms with Crippen LogP contribution in [0, 0.1) is 0 Å². The smallest absolute Gasteiger partial charge is 0.0467 e. The minimum atomic E-state index is 1.10. The average Bonchev–Trinajstić information content (AvgIpc) is 3.39. The van der Waals surface area contributed by atoms with Crippen LogP contribution < -0.4 is 4.90 Å². The molecule has 0 heterocycles. The molecule has 308 valence electrons. The molecule has 0 radical (unpaired) electrons. The predicted octanol–water partition coefficient (Wildman–Crippen LogP) is 18.8. The Balaban J connectivity index is 0.901. The number of rotatable bonds is 6. The number of hydrogen-bond acceptors (Lipinski definition) is 1. The van der Waals surface area contributed by atoms with Crippen molar-refractivity contribution in [3.8, 4) is 33.4 Å². The molecule has 67 heavy (non-hydrogen) atoms. The Morgan fingerprint density at radius 2 is 0.373 bits per heavy atom. The van der Waals surface area contributed by atoms with Gasteiger partial charge >= 0.3 is 0 Å². The van der Waals surface area contributed by atoms with Crippen LogP contribution in [0.3, 0.4) is 0 Å². The van der Waals surface area contributed by atoms with Crippen LogP contribution in [0.2, 0.25) is 0 Å². The summed E-state index contributed by atoms with van der Waals surface area (Å²) in [5.74, 6) is 0. The molecule has 0 aromatic heterocycles. The summed E-state index contributed by atoms with van der Waals surface area (Å²) < 4.78 is 0. The zero-order valence-electron chi connectivity index (χ0n) is 36.5. The van der Waals surface area contributed by atoms with Gasteiger partial charge in [0, 0.05) is 17.1 Å². The summed E-state index contributed by atoms with van der Waals surface area (Å²) in [6.45, 7) is 0. The Labute approximate surface area is 387 Å². The third-order valence-electron chi connectivity index (χ3n) is 14.7. The van der Waals surface area contributed by atoms with Gasteiger partial charge in [-0.3, -0.25) is 0 Å². The van der Waals surface area contributed by atoms with E-state index in [2.05, 4.69) is 241 Å². The summed E-state index contributed by atoms with van der Waals surface area (Å²) in [6, 6.07) is 88.7. The molecule has 15 aromatic rings. The first-order valence-corrected chi connectivity index (χ1v) is 23.3. The van der Waals surface area contributed by atoms with Gasteiger partial charge in [-0.05, 0) is 203 Å². The van der Waals surface area contributed by atoms with Crippen molar-refractivity contribution in [2.45, 2.75) is 0 Å². The van der Waals surface area contributed by atoms with E-state index in [1.54, 1.807) is 0 Å². The molecule has 0 saturated heterocycles. The first-order chi connectivity index (χ1) is 33.1. The molecule has 0 bridgehead atoms. The fraction of sp³-hybridized carbons (Fsp3) is 0. The highest BCUT2D eigenvalue weighted by atomic mass is 15.1. The normalized spacial score (nSPS) is 12.2. The van der Waals surface area contributed by atoms with Crippen LogP contribution in [0.4, 0.5) is 17.1 Å². The second kappa shape index (κ2) is 13.9. The molecular formula is C66H39N. The maximum Gasteiger partial charge on any atom is 0.0467 e. The minimum absolute atomic E-state index is 1.10. The highest BCUT2D eigenvalue weighted by molar-refractivity contribution is 6.26. The number of anilines is 3. The minimum Gasteiger partial charge on any atom is -0.310 e. The second-order valence-electron chi connectivity index (χ2n) is 18.5. The fourth-order valence-corrected chi connectivity index (χ4v) is 11.7. The highest BCUT2D eigenvalue weighted by Gasteiger charge is 2.19. The maximum atomic E-state index is 2.44. The monoisotopic (exact) mass is 845 g/mol. The van der Waals surface area contributed by atoms with Crippen LogP contribution in [-0.2, 0) is 0 Å². The summed E-state index contributed by atoms with van der Waals surface area (Å²) in [4.78, 5) is 2.44. The van der Waals surface area contributed by atoms with Crippen molar-refractivity contribution in [1.82, 2.24) is 0 Å². The molecule has 0 atom stereocenters. The van der Waals surface area contributed by atoms with E-state index in [9.17, 15) is 0 Å². The van der Waals surface area contributed by atoms with Crippen molar-refractivity contribution >= 4 is 114 Å². The lowest BCUT2D eigenvalue weighted by molar-refractivity contribution is 1.28. The number of hydrogen-bond donors (Lipinski definition) is 0. The van der Waals surface area contributed by atoms with Crippen LogP contribution in [0.1, 0.15) is 0 Å². The molecule has 0 aliphatic heterocycles. The molecule has 0 amide bonds. The molecule has 0 saturated carbocycles. The van der Waals surface area contributed by atoms with Crippen LogP contribution in [-0.4, -0.2) is 0 Å². The third-order valence-corrected chi connectivity index (χ3v) is 14.7. The third kappa shape index (κ3) is 5.56. The highest BCUT2D eigenvalue weighted by Crippen LogP contribution is 2.44. The van der Waals surface area contributed by atoms with Crippen molar-refractivity contribution in [3.05, 3.63) is 237 Å². The molecule has 0 unspecified atom stereocenters. The Hall–Kier alpha value is -8.78. The van der Waals surface area contributed by atoms with E-state index in [-0.39, 0.29) is 0 Å². The first-order valence-electron chi connectivity index (χ1n) is 23.3. The molecule has 1 nitrogen and oxygen atoms in total. The van der Waals surface area contributed by atoms with Crippen molar-refractivity contribution in [2.75, 3.05) is 4.90 Å². The molecule has 0 spiro atoms. The fourth-order valence-electron chi connectivity index (χ4n) is 11.7. The van der Waals surface area contributed by atoms with Gasteiger partial charge in [-0.15, -0.1) is 0 Å². The van der Waals surface area contributed by atoms with Crippen LogP contribution >= 0.6 is 0 Å². The molecule has 0 fully saturated rings. The van der Waals surface area contributed by atoms with E-state index in [4.69, 9.17) is 0 Å². The topological polar surface area (TPSA) is 3.24 Å². The largest absolute Gasteiger partial charge is 0.310 e. The predicted molar refractivity (Wildman–Crippen MR) is 289 cm³/mol. The molecular weight excluding hydrogens is 807 g/mol. The molecule has 15 aromatic carbocycles. The van der Waals surface area contributed by atoms with Gasteiger partial charge in [0.05, 0.1) is 0 Å². The zero-order chi connectivity index (χ0) is 43.7. The van der Waals surface area contributed by atoms with Crippen LogP contribution in [0.25, 0.3) is 130 Å². The second-order valence-corrected chi connectivity index (χ2v) is 18.5. The summed E-state index contributed by atoms with van der Waals surface area (Å²) in [5, 5.41) is 23.4. The quantitative estimate of drug-likeness (QED) is 0.151. The van der Waals surface area contributed by atoms with Crippen molar-refractivity contribution < 1.29 is 0 Å². The van der Waals surface area contributed by atoms with Gasteiger partial charge < -0.3 is 4.90 Å². The van der Waals surface area contributed by atoms with E-state index in [1.807, 2.05) is 0 Å². The van der Waals surface area contributed by atoms with E-state index in [1.165, 1.54) is 130 Å². The number of benzene rings is 15. The summed E-state index contributed by atoms with van der Waals surface area (Å²) in [6.07, 6.45) is 0. The summed E-state index contributed by atoms with van der Waals surface area (Å²) in [7, 11) is 0. The number of nitrogens with zero attached hydrogens (tertiary/aromatic N) is 1. The summed E-state index contributed by atoms with van der Waals surface area (Å²) in [5.41, 5.74) is 10.5. The van der Waals surface area contributed by atoms with Crippen molar-refractivity contribution in [2.24, 2.45) is 0 Å². The van der Waals surface area contributed by atoms with Gasteiger partial charge in [0.25, 0.3) is 0 Å². The van der Waals surface area contributed by atoms with Crippen molar-refractivity contribution in [1.29, 1.82) is 0 Å². The molecule has 0 aliphatic rings. The Morgan fingerprint density at radius 3 is 0.627 bits per heavy atom. The van der Waals surface area contributed by atoms with Gasteiger partial charge in [0.2, 0.25) is 0 Å². The standard InChI is InChI=1S/C66H39N/c1-7-40-19-25-49-31-55(32-50-26-20-41(8-1)61(40)64(49)50)46-13-4-16-58(37-46)67(59-17-5-14-47(38-59)56-33-51-27-21-42-9-2-10-43-22-28-52(34-56)65(51)62(42)43)60-18-6-15-48(39-60)57-35-53-29-23-44-11-3-12-45-24-30-54(36-57)66(53)63(44)45/h1-39H. The average molecular weight is 846 g/mol. The van der Waals surface area contributed by atoms with Gasteiger partial charge in [0.15, 0.2) is 0 Å². The lowest BCUT2D eigenvalue weighted by Gasteiger charge is -2.27. The van der Waals surface area contributed by atoms with Gasteiger partial charge in [-0.25, -0.2) is 0 Å². The maximum absolute atomic E-state index is 2.44. The lowest BCUT2D eigenvalue weighted by Crippen LogP contribution is -2.10. The van der Waals surface area contributed by atoms with E-state index >= 15 is 0 Å². The van der Waals surface area contributed by atoms with E-state index in [0.717, 1.165) is 17.1 Å². The molecule has 1 heteroatoms. The Morgan fingerprint density at radius 1 is 0.164 bits per heavy atom. The molecule has 15 rings (SSSR count). The Kier molecular flexibility index (Phi) is 7.56. The molecule has 0 N–H and O–H groups in total. The van der Waals surface area contributed by atoms with Crippen LogP contribution in [0.5, 0.6) is 0 Å². The lowest BCUT2D eigenvalue weighted by atomic mass is 9.91. The van der Waals surface area contributed by atoms with E-state index in [0.29, 0.717) is 0 Å². The van der Waals surface area contributed by atoms with E-state index < -0.39 is 0 Å². The SMILES string of the molecule is c1cc(-c2cc3ccc4cccc5ccc(c2)c3c45)cc(N(c2cccc(-c3cc4ccc5cccc6ccc(c3)c4c56)c2)c2cccc(-c3cc4ccc5cccc6ccc(c3)c4c56)c2)c1. The van der Waals surface area contributed by atoms with Gasteiger partial charge in [-0.1, -0.05) is 164 Å². The van der Waals surface area contributed by atoms with Crippen LogP contribution in [0.15, 0.2) is 237 Å². The zero-order valence-corrected chi connectivity index (χ0v) is 36.5. The van der Waals surface area contributed by atoms with Gasteiger partial charge in [-0.2, -0.15) is 0 Å². The first kappa shape index (κ1) is 36.5. The van der Waals surface area contributed by atoms with Gasteiger partial charge in [0.1, 0.15) is 0 Å².